The first kappa shape index (κ1) is 25.9. The smallest absolute Gasteiger partial charge is 0.330 e. The highest BCUT2D eigenvalue weighted by atomic mass is 16.5. The fraction of sp³-hybridized carbons (Fsp3) is 0.591. The minimum Gasteiger partial charge on any atom is -0.464 e. The molecule has 182 valence electrons. The van der Waals surface area contributed by atoms with Gasteiger partial charge in [-0.3, -0.25) is 28.6 Å². The Morgan fingerprint density at radius 3 is 2.55 bits per heavy atom. The normalized spacial score (nSPS) is 10.8. The Labute approximate surface area is 192 Å². The summed E-state index contributed by atoms with van der Waals surface area (Å²) in [7, 11) is 0. The van der Waals surface area contributed by atoms with Crippen LogP contribution in [0.5, 0.6) is 0 Å². The molecule has 0 unspecified atom stereocenters. The van der Waals surface area contributed by atoms with Crippen molar-refractivity contribution < 1.29 is 14.3 Å². The van der Waals surface area contributed by atoms with Gasteiger partial charge in [-0.1, -0.05) is 33.1 Å². The van der Waals surface area contributed by atoms with E-state index in [0.29, 0.717) is 25.9 Å². The number of carbonyl (C=O) groups excluding carboxylic acids is 2. The third-order valence-electron chi connectivity index (χ3n) is 5.19. The lowest BCUT2D eigenvalue weighted by molar-refractivity contribution is -0.145. The maximum absolute atomic E-state index is 13.0. The molecule has 2 aromatic heterocycles. The van der Waals surface area contributed by atoms with Crippen LogP contribution in [0, 0.1) is 0 Å². The van der Waals surface area contributed by atoms with Gasteiger partial charge in [0.15, 0.2) is 5.69 Å². The van der Waals surface area contributed by atoms with Crippen LogP contribution in [0.3, 0.4) is 0 Å². The number of rotatable bonds is 14. The number of hydrogen-bond donors (Lipinski definition) is 2. The monoisotopic (exact) mass is 462 g/mol. The second kappa shape index (κ2) is 13.2. The molecule has 0 spiro atoms. The van der Waals surface area contributed by atoms with Gasteiger partial charge in [-0.15, -0.1) is 0 Å². The topological polar surface area (TPSA) is 145 Å². The zero-order valence-corrected chi connectivity index (χ0v) is 19.4. The van der Waals surface area contributed by atoms with E-state index in [1.54, 1.807) is 23.1 Å². The van der Waals surface area contributed by atoms with Crippen LogP contribution < -0.4 is 21.9 Å². The van der Waals surface area contributed by atoms with Gasteiger partial charge in [0.1, 0.15) is 12.4 Å². The molecule has 2 heterocycles. The molecule has 0 fully saturated rings. The average Bonchev–Trinajstić information content (AvgIpc) is 3.29. The van der Waals surface area contributed by atoms with Gasteiger partial charge in [0.25, 0.3) is 5.56 Å². The van der Waals surface area contributed by atoms with E-state index in [-0.39, 0.29) is 37.5 Å². The Kier molecular flexibility index (Phi) is 10.4. The predicted molar refractivity (Wildman–Crippen MR) is 125 cm³/mol. The number of nitrogen functional groups attached to an aromatic ring is 1. The van der Waals surface area contributed by atoms with Gasteiger partial charge >= 0.3 is 11.7 Å². The molecule has 0 saturated carbocycles. The Balaban J connectivity index is 2.11. The fourth-order valence-electron chi connectivity index (χ4n) is 3.36. The molecule has 2 rings (SSSR count). The van der Waals surface area contributed by atoms with Crippen molar-refractivity contribution in [3.63, 3.8) is 0 Å². The van der Waals surface area contributed by atoms with Crippen molar-refractivity contribution in [2.24, 2.45) is 0 Å². The van der Waals surface area contributed by atoms with Crippen LogP contribution in [-0.2, 0) is 27.4 Å². The molecular weight excluding hydrogens is 428 g/mol. The molecule has 11 heteroatoms. The lowest BCUT2D eigenvalue weighted by Gasteiger charge is -2.24. The number of unbranched alkanes of at least 4 members (excludes halogenated alkanes) is 3. The van der Waals surface area contributed by atoms with E-state index >= 15 is 0 Å². The van der Waals surface area contributed by atoms with E-state index in [1.165, 1.54) is 9.47 Å². The lowest BCUT2D eigenvalue weighted by Crippen LogP contribution is -2.41. The third-order valence-corrected chi connectivity index (χ3v) is 5.19. The number of aromatic nitrogens is 4. The number of nitrogens with two attached hydrogens (primary N) is 1. The van der Waals surface area contributed by atoms with Crippen molar-refractivity contribution in [2.45, 2.75) is 71.9 Å². The van der Waals surface area contributed by atoms with Crippen molar-refractivity contribution in [1.82, 2.24) is 19.3 Å². The molecular formula is C22H34N6O5. The fourth-order valence-corrected chi connectivity index (χ4v) is 3.36. The largest absolute Gasteiger partial charge is 0.464 e. The predicted octanol–water partition coefficient (Wildman–Crippen LogP) is 1.66. The summed E-state index contributed by atoms with van der Waals surface area (Å²) < 4.78 is 8.08. The highest BCUT2D eigenvalue weighted by Crippen LogP contribution is 2.19. The summed E-state index contributed by atoms with van der Waals surface area (Å²) >= 11 is 0. The molecule has 0 atom stereocenters. The summed E-state index contributed by atoms with van der Waals surface area (Å²) in [6.07, 6.45) is 7.09. The van der Waals surface area contributed by atoms with Gasteiger partial charge in [0.05, 0.1) is 13.0 Å². The Bertz CT molecular complexity index is 1010. The number of nitrogens with zero attached hydrogens (tertiary/aromatic N) is 4. The first-order chi connectivity index (χ1) is 15.9. The molecule has 11 nitrogen and oxygen atoms in total. The highest BCUT2D eigenvalue weighted by molar-refractivity contribution is 5.96. The number of amides is 1. The zero-order chi connectivity index (χ0) is 24.2. The van der Waals surface area contributed by atoms with Crippen LogP contribution in [0.15, 0.2) is 28.0 Å². The van der Waals surface area contributed by atoms with Gasteiger partial charge in [-0.25, -0.2) is 4.79 Å². The molecule has 1 amide bonds. The molecule has 0 aromatic carbocycles. The van der Waals surface area contributed by atoms with Crippen LogP contribution in [0.25, 0.3) is 0 Å². The van der Waals surface area contributed by atoms with Gasteiger partial charge in [-0.05, 0) is 18.9 Å². The van der Waals surface area contributed by atoms with Crippen molar-refractivity contribution in [3.05, 3.63) is 39.3 Å². The maximum Gasteiger partial charge on any atom is 0.330 e. The quantitative estimate of drug-likeness (QED) is 0.321. The summed E-state index contributed by atoms with van der Waals surface area (Å²) in [6.45, 7) is 5.16. The number of carbonyl (C=O) groups is 2. The number of H-pyrrole nitrogens is 1. The zero-order valence-electron chi connectivity index (χ0n) is 19.4. The molecule has 0 bridgehead atoms. The summed E-state index contributed by atoms with van der Waals surface area (Å²) in [6, 6.07) is 1.77. The van der Waals surface area contributed by atoms with Crippen molar-refractivity contribution in [1.29, 1.82) is 0 Å². The number of esters is 1. The first-order valence-electron chi connectivity index (χ1n) is 11.4. The summed E-state index contributed by atoms with van der Waals surface area (Å²) in [5.41, 5.74) is 4.83. The lowest BCUT2D eigenvalue weighted by atomic mass is 10.2. The average molecular weight is 463 g/mol. The SMILES string of the molecule is CCCCCN(C(=O)CCC(=O)OCCn1cccn1)c1c(N)n(CCCC)c(=O)[nH]c1=O. The summed E-state index contributed by atoms with van der Waals surface area (Å²) in [5.74, 6) is -0.976. The van der Waals surface area contributed by atoms with Gasteiger partial charge in [0, 0.05) is 31.9 Å². The summed E-state index contributed by atoms with van der Waals surface area (Å²) in [4.78, 5) is 53.5. The molecule has 3 N–H and O–H groups in total. The number of nitrogens with one attached hydrogen (secondary N) is 1. The van der Waals surface area contributed by atoms with Gasteiger partial charge in [-0.2, -0.15) is 5.10 Å². The molecule has 2 aromatic rings. The van der Waals surface area contributed by atoms with E-state index in [0.717, 1.165) is 19.3 Å². The van der Waals surface area contributed by atoms with Crippen LogP contribution >= 0.6 is 0 Å². The second-order valence-electron chi connectivity index (χ2n) is 7.74. The van der Waals surface area contributed by atoms with Crippen molar-refractivity contribution in [3.8, 4) is 0 Å². The van der Waals surface area contributed by atoms with E-state index in [2.05, 4.69) is 10.1 Å². The van der Waals surface area contributed by atoms with Crippen LogP contribution in [0.4, 0.5) is 11.5 Å². The Hall–Kier alpha value is -3.37. The van der Waals surface area contributed by atoms with Gasteiger partial charge < -0.3 is 15.4 Å². The first-order valence-corrected chi connectivity index (χ1v) is 11.4. The summed E-state index contributed by atoms with van der Waals surface area (Å²) in [5, 5.41) is 4.02. The Morgan fingerprint density at radius 2 is 1.88 bits per heavy atom. The van der Waals surface area contributed by atoms with Crippen LogP contribution in [-0.4, -0.2) is 44.4 Å². The molecule has 0 radical (unpaired) electrons. The standard InChI is InChI=1S/C22H34N6O5/c1-3-5-7-14-27(19-20(23)28(13-6-4-2)22(32)25-21(19)31)17(29)9-10-18(30)33-16-15-26-12-8-11-24-26/h8,11-12H,3-7,9-10,13-16,23H2,1-2H3,(H,25,31,32). The highest BCUT2D eigenvalue weighted by Gasteiger charge is 2.24. The molecule has 0 aliphatic carbocycles. The van der Waals surface area contributed by atoms with Crippen molar-refractivity contribution >= 4 is 23.4 Å². The minimum atomic E-state index is -0.711. The molecule has 0 aliphatic rings. The molecule has 33 heavy (non-hydrogen) atoms. The number of ether oxygens (including phenoxy) is 1. The van der Waals surface area contributed by atoms with E-state index < -0.39 is 23.1 Å². The van der Waals surface area contributed by atoms with Crippen LogP contribution in [0.2, 0.25) is 0 Å². The third kappa shape index (κ3) is 7.62. The number of aromatic amines is 1. The molecule has 0 saturated heterocycles. The van der Waals surface area contributed by atoms with Crippen LogP contribution in [0.1, 0.15) is 58.8 Å². The number of hydrogen-bond acceptors (Lipinski definition) is 7. The second-order valence-corrected chi connectivity index (χ2v) is 7.74. The van der Waals surface area contributed by atoms with Gasteiger partial charge in [0.2, 0.25) is 5.91 Å². The maximum atomic E-state index is 13.0. The Morgan fingerprint density at radius 1 is 1.12 bits per heavy atom. The van der Waals surface area contributed by atoms with E-state index in [9.17, 15) is 19.2 Å². The minimum absolute atomic E-state index is 0.0381. The van der Waals surface area contributed by atoms with E-state index in [1.807, 2.05) is 13.8 Å². The number of anilines is 2. The van der Waals surface area contributed by atoms with E-state index in [4.69, 9.17) is 10.5 Å². The molecule has 0 aliphatic heterocycles. The van der Waals surface area contributed by atoms with Crippen molar-refractivity contribution in [2.75, 3.05) is 23.8 Å².